The maximum atomic E-state index is 6.37. The number of hydrogen-bond acceptors (Lipinski definition) is 4. The van der Waals surface area contributed by atoms with Gasteiger partial charge in [0.1, 0.15) is 11.2 Å². The van der Waals surface area contributed by atoms with Crippen LogP contribution in [0.2, 0.25) is 0 Å². The van der Waals surface area contributed by atoms with Gasteiger partial charge in [-0.1, -0.05) is 140 Å². The number of nitrogens with zero attached hydrogens (tertiary/aromatic N) is 3. The van der Waals surface area contributed by atoms with Crippen LogP contribution in [0.15, 0.2) is 192 Å². The standard InChI is InChI=1S/C49H31N3O/c1-4-13-32(14-5-1)35-19-12-20-37(27-35)47-50-48(38-24-25-42-36(28-38)23-26-44-43-21-10-11-22-45(43)53-46(42)44)52-49(51-47)41-30-39(33-15-6-2-7-16-33)29-40(31-41)34-17-8-3-9-18-34/h1-31H. The summed E-state index contributed by atoms with van der Waals surface area (Å²) in [6.07, 6.45) is 0. The molecule has 53 heavy (non-hydrogen) atoms. The number of rotatable bonds is 6. The fraction of sp³-hybridized carbons (Fsp3) is 0. The van der Waals surface area contributed by atoms with E-state index in [0.29, 0.717) is 17.5 Å². The number of fused-ring (bicyclic) bond motifs is 5. The van der Waals surface area contributed by atoms with Gasteiger partial charge in [-0.2, -0.15) is 0 Å². The molecular formula is C49H31N3O. The van der Waals surface area contributed by atoms with E-state index in [2.05, 4.69) is 158 Å². The summed E-state index contributed by atoms with van der Waals surface area (Å²) in [5, 5.41) is 4.33. The molecule has 0 N–H and O–H groups in total. The second-order valence-corrected chi connectivity index (χ2v) is 13.3. The third-order valence-electron chi connectivity index (χ3n) is 9.89. The summed E-state index contributed by atoms with van der Waals surface area (Å²) in [6, 6.07) is 65.2. The van der Waals surface area contributed by atoms with E-state index in [1.165, 1.54) is 0 Å². The van der Waals surface area contributed by atoms with Crippen LogP contribution in [-0.4, -0.2) is 15.0 Å². The lowest BCUT2D eigenvalue weighted by atomic mass is 9.96. The molecular weight excluding hydrogens is 647 g/mol. The molecule has 8 aromatic carbocycles. The fourth-order valence-corrected chi connectivity index (χ4v) is 7.23. The smallest absolute Gasteiger partial charge is 0.164 e. The zero-order valence-corrected chi connectivity index (χ0v) is 28.6. The molecule has 10 rings (SSSR count). The number of aromatic nitrogens is 3. The first-order valence-electron chi connectivity index (χ1n) is 17.8. The minimum Gasteiger partial charge on any atom is -0.455 e. The van der Waals surface area contributed by atoms with Gasteiger partial charge in [-0.3, -0.25) is 0 Å². The molecule has 0 aliphatic rings. The molecule has 248 valence electrons. The Hall–Kier alpha value is -7.17. The third-order valence-corrected chi connectivity index (χ3v) is 9.89. The maximum Gasteiger partial charge on any atom is 0.164 e. The predicted octanol–water partition coefficient (Wildman–Crippen LogP) is 12.9. The molecule has 0 atom stereocenters. The normalized spacial score (nSPS) is 11.4. The molecule has 0 spiro atoms. The van der Waals surface area contributed by atoms with Gasteiger partial charge in [-0.25, -0.2) is 15.0 Å². The highest BCUT2D eigenvalue weighted by molar-refractivity contribution is 6.15. The maximum absolute atomic E-state index is 6.37. The molecule has 0 aliphatic carbocycles. The van der Waals surface area contributed by atoms with E-state index in [-0.39, 0.29) is 0 Å². The topological polar surface area (TPSA) is 51.8 Å². The van der Waals surface area contributed by atoms with Crippen LogP contribution < -0.4 is 0 Å². The minimum absolute atomic E-state index is 0.605. The lowest BCUT2D eigenvalue weighted by Crippen LogP contribution is -2.01. The first-order valence-corrected chi connectivity index (χ1v) is 17.8. The Kier molecular flexibility index (Phi) is 7.43. The van der Waals surface area contributed by atoms with Gasteiger partial charge in [0.2, 0.25) is 0 Å². The van der Waals surface area contributed by atoms with Crippen molar-refractivity contribution in [2.45, 2.75) is 0 Å². The highest BCUT2D eigenvalue weighted by atomic mass is 16.3. The molecule has 0 saturated carbocycles. The molecule has 2 aromatic heterocycles. The van der Waals surface area contributed by atoms with Crippen molar-refractivity contribution in [1.82, 2.24) is 15.0 Å². The van der Waals surface area contributed by atoms with Crippen LogP contribution in [0.4, 0.5) is 0 Å². The first-order chi connectivity index (χ1) is 26.2. The zero-order valence-electron chi connectivity index (χ0n) is 28.6. The predicted molar refractivity (Wildman–Crippen MR) is 217 cm³/mol. The summed E-state index contributed by atoms with van der Waals surface area (Å²) in [6.45, 7) is 0. The lowest BCUT2D eigenvalue weighted by molar-refractivity contribution is 0.672. The SMILES string of the molecule is c1ccc(-c2cccc(-c3nc(-c4cc(-c5ccccc5)cc(-c5ccccc5)c4)nc(-c4ccc5c(ccc6c7ccccc7oc56)c4)n3)c2)cc1. The van der Waals surface area contributed by atoms with Crippen LogP contribution in [0.1, 0.15) is 0 Å². The van der Waals surface area contributed by atoms with Gasteiger partial charge in [-0.05, 0) is 87.3 Å². The van der Waals surface area contributed by atoms with Crippen molar-refractivity contribution in [3.63, 3.8) is 0 Å². The second kappa shape index (κ2) is 12.9. The van der Waals surface area contributed by atoms with Crippen LogP contribution in [0, 0.1) is 0 Å². The van der Waals surface area contributed by atoms with Crippen molar-refractivity contribution in [3.8, 4) is 67.5 Å². The fourth-order valence-electron chi connectivity index (χ4n) is 7.23. The summed E-state index contributed by atoms with van der Waals surface area (Å²) >= 11 is 0. The van der Waals surface area contributed by atoms with Crippen molar-refractivity contribution >= 4 is 32.7 Å². The van der Waals surface area contributed by atoms with E-state index in [1.54, 1.807) is 0 Å². The highest BCUT2D eigenvalue weighted by Crippen LogP contribution is 2.37. The second-order valence-electron chi connectivity index (χ2n) is 13.3. The average molecular weight is 678 g/mol. The number of para-hydroxylation sites is 1. The van der Waals surface area contributed by atoms with Gasteiger partial charge in [0.15, 0.2) is 17.5 Å². The van der Waals surface area contributed by atoms with Crippen molar-refractivity contribution < 1.29 is 4.42 Å². The molecule has 0 saturated heterocycles. The van der Waals surface area contributed by atoms with Crippen LogP contribution in [0.5, 0.6) is 0 Å². The van der Waals surface area contributed by atoms with Gasteiger partial charge in [0, 0.05) is 32.8 Å². The Labute approximate surface area is 306 Å². The van der Waals surface area contributed by atoms with Gasteiger partial charge in [0.25, 0.3) is 0 Å². The summed E-state index contributed by atoms with van der Waals surface area (Å²) in [5.74, 6) is 1.83. The Balaban J connectivity index is 1.18. The average Bonchev–Trinajstić information content (AvgIpc) is 3.63. The zero-order chi connectivity index (χ0) is 35.1. The highest BCUT2D eigenvalue weighted by Gasteiger charge is 2.17. The molecule has 0 unspecified atom stereocenters. The molecule has 0 bridgehead atoms. The molecule has 0 fully saturated rings. The number of benzene rings is 8. The van der Waals surface area contributed by atoms with Gasteiger partial charge in [-0.15, -0.1) is 0 Å². The largest absolute Gasteiger partial charge is 0.455 e. The van der Waals surface area contributed by atoms with Gasteiger partial charge < -0.3 is 4.42 Å². The van der Waals surface area contributed by atoms with Crippen LogP contribution in [0.3, 0.4) is 0 Å². The quantitative estimate of drug-likeness (QED) is 0.176. The summed E-state index contributed by atoms with van der Waals surface area (Å²) in [4.78, 5) is 15.6. The van der Waals surface area contributed by atoms with E-state index in [1.807, 2.05) is 30.3 Å². The minimum atomic E-state index is 0.605. The molecule has 0 amide bonds. The van der Waals surface area contributed by atoms with Gasteiger partial charge >= 0.3 is 0 Å². The van der Waals surface area contributed by atoms with Gasteiger partial charge in [0.05, 0.1) is 0 Å². The van der Waals surface area contributed by atoms with Crippen molar-refractivity contribution in [2.24, 2.45) is 0 Å². The van der Waals surface area contributed by atoms with E-state index in [4.69, 9.17) is 19.4 Å². The van der Waals surface area contributed by atoms with Crippen LogP contribution in [-0.2, 0) is 0 Å². The van der Waals surface area contributed by atoms with Crippen LogP contribution in [0.25, 0.3) is 100 Å². The van der Waals surface area contributed by atoms with Crippen molar-refractivity contribution in [2.75, 3.05) is 0 Å². The molecule has 4 nitrogen and oxygen atoms in total. The van der Waals surface area contributed by atoms with E-state index in [0.717, 1.165) is 82.8 Å². The molecule has 4 heteroatoms. The monoisotopic (exact) mass is 677 g/mol. The number of hydrogen-bond donors (Lipinski definition) is 0. The Morgan fingerprint density at radius 3 is 1.42 bits per heavy atom. The molecule has 10 aromatic rings. The first kappa shape index (κ1) is 30.6. The van der Waals surface area contributed by atoms with Crippen molar-refractivity contribution in [1.29, 1.82) is 0 Å². The Bertz CT molecular complexity index is 2880. The lowest BCUT2D eigenvalue weighted by Gasteiger charge is -2.13. The summed E-state index contributed by atoms with van der Waals surface area (Å²) in [5.41, 5.74) is 11.2. The van der Waals surface area contributed by atoms with E-state index in [9.17, 15) is 0 Å². The summed E-state index contributed by atoms with van der Waals surface area (Å²) in [7, 11) is 0. The van der Waals surface area contributed by atoms with Crippen LogP contribution >= 0.6 is 0 Å². The molecule has 0 aliphatic heterocycles. The van der Waals surface area contributed by atoms with E-state index >= 15 is 0 Å². The van der Waals surface area contributed by atoms with E-state index < -0.39 is 0 Å². The molecule has 2 heterocycles. The van der Waals surface area contributed by atoms with Crippen molar-refractivity contribution in [3.05, 3.63) is 188 Å². The Morgan fingerprint density at radius 2 is 0.755 bits per heavy atom. The Morgan fingerprint density at radius 1 is 0.283 bits per heavy atom. The number of furan rings is 1. The molecule has 0 radical (unpaired) electrons. The third kappa shape index (κ3) is 5.73. The summed E-state index contributed by atoms with van der Waals surface area (Å²) < 4.78 is 6.37.